The van der Waals surface area contributed by atoms with Crippen molar-refractivity contribution >= 4 is 23.4 Å². The Morgan fingerprint density at radius 1 is 1.40 bits per heavy atom. The van der Waals surface area contributed by atoms with Crippen molar-refractivity contribution in [3.05, 3.63) is 28.8 Å². The monoisotopic (exact) mass is 306 g/mol. The summed E-state index contributed by atoms with van der Waals surface area (Å²) >= 11 is 5.86. The molecule has 0 aliphatic carbocycles. The summed E-state index contributed by atoms with van der Waals surface area (Å²) < 4.78 is 32.0. The lowest BCUT2D eigenvalue weighted by atomic mass is 10.1. The number of halogens is 3. The van der Waals surface area contributed by atoms with Gasteiger partial charge in [0.05, 0.1) is 17.3 Å². The van der Waals surface area contributed by atoms with E-state index in [2.05, 4.69) is 5.32 Å². The molecular weight excluding hydrogens is 290 g/mol. The van der Waals surface area contributed by atoms with Gasteiger partial charge in [0, 0.05) is 5.56 Å². The normalized spacial score (nSPS) is 12.2. The van der Waals surface area contributed by atoms with Crippen LogP contribution in [0.4, 0.5) is 19.3 Å². The summed E-state index contributed by atoms with van der Waals surface area (Å²) in [5, 5.41) is 2.47. The third-order valence-electron chi connectivity index (χ3n) is 2.28. The summed E-state index contributed by atoms with van der Waals surface area (Å²) in [6.45, 7) is 4.23. The molecule has 112 valence electrons. The van der Waals surface area contributed by atoms with Gasteiger partial charge in [0.1, 0.15) is 5.60 Å². The van der Waals surface area contributed by atoms with Gasteiger partial charge in [0.15, 0.2) is 0 Å². The van der Waals surface area contributed by atoms with Crippen molar-refractivity contribution in [2.45, 2.75) is 32.3 Å². The maximum Gasteiger partial charge on any atom is 0.412 e. The van der Waals surface area contributed by atoms with Crippen LogP contribution >= 0.6 is 11.6 Å². The summed E-state index contributed by atoms with van der Waals surface area (Å²) in [6.07, 6.45) is -0.771. The van der Waals surface area contributed by atoms with Gasteiger partial charge in [0.2, 0.25) is 0 Å². The predicted octanol–water partition coefficient (Wildman–Crippen LogP) is 3.74. The van der Waals surface area contributed by atoms with Gasteiger partial charge in [0.25, 0.3) is 5.92 Å². The number of alkyl halides is 2. The van der Waals surface area contributed by atoms with E-state index in [0.29, 0.717) is 0 Å². The van der Waals surface area contributed by atoms with Gasteiger partial charge in [-0.25, -0.2) is 4.79 Å². The highest BCUT2D eigenvalue weighted by Gasteiger charge is 2.30. The van der Waals surface area contributed by atoms with E-state index in [-0.39, 0.29) is 16.3 Å². The zero-order valence-electron chi connectivity index (χ0n) is 11.5. The van der Waals surface area contributed by atoms with E-state index in [9.17, 15) is 13.6 Å². The molecule has 0 spiro atoms. The molecular formula is C13H17ClF2N2O2. The fraction of sp³-hybridized carbons (Fsp3) is 0.462. The van der Waals surface area contributed by atoms with Crippen LogP contribution in [0, 0.1) is 0 Å². The fourth-order valence-electron chi connectivity index (χ4n) is 1.38. The smallest absolute Gasteiger partial charge is 0.412 e. The maximum absolute atomic E-state index is 13.5. The Labute approximate surface area is 121 Å². The van der Waals surface area contributed by atoms with Gasteiger partial charge in [-0.15, -0.1) is 0 Å². The number of benzene rings is 1. The zero-order chi connectivity index (χ0) is 15.6. The summed E-state index contributed by atoms with van der Waals surface area (Å²) in [4.78, 5) is 11.6. The Morgan fingerprint density at radius 2 is 2.00 bits per heavy atom. The molecule has 1 aromatic carbocycles. The van der Waals surface area contributed by atoms with Gasteiger partial charge < -0.3 is 10.5 Å². The Hall–Kier alpha value is -1.40. The van der Waals surface area contributed by atoms with Crippen LogP contribution in [0.25, 0.3) is 0 Å². The number of nitrogens with one attached hydrogen (secondary N) is 1. The molecule has 0 unspecified atom stereocenters. The number of anilines is 1. The summed E-state index contributed by atoms with van der Waals surface area (Å²) in [5.74, 6) is -3.19. The molecule has 0 fully saturated rings. The minimum atomic E-state index is -3.19. The van der Waals surface area contributed by atoms with E-state index in [1.807, 2.05) is 0 Å². The van der Waals surface area contributed by atoms with Gasteiger partial charge >= 0.3 is 6.09 Å². The first-order valence-electron chi connectivity index (χ1n) is 5.93. The molecule has 1 aromatic rings. The molecule has 1 rings (SSSR count). The molecule has 4 nitrogen and oxygen atoms in total. The number of carbonyl (C=O) groups is 1. The molecule has 0 bridgehead atoms. The first-order chi connectivity index (χ1) is 9.05. The van der Waals surface area contributed by atoms with Crippen LogP contribution in [0.1, 0.15) is 26.3 Å². The number of hydrogen-bond donors (Lipinski definition) is 2. The van der Waals surface area contributed by atoms with E-state index in [0.717, 1.165) is 12.1 Å². The Kier molecular flexibility index (Phi) is 4.94. The molecule has 0 saturated carbocycles. The van der Waals surface area contributed by atoms with Crippen molar-refractivity contribution in [3.8, 4) is 0 Å². The molecule has 0 aromatic heterocycles. The second-order valence-corrected chi connectivity index (χ2v) is 5.64. The lowest BCUT2D eigenvalue weighted by Gasteiger charge is -2.21. The molecule has 0 radical (unpaired) electrons. The van der Waals surface area contributed by atoms with Gasteiger partial charge in [-0.05, 0) is 32.9 Å². The third-order valence-corrected chi connectivity index (χ3v) is 2.61. The number of ether oxygens (including phenoxy) is 1. The van der Waals surface area contributed by atoms with Gasteiger partial charge in [-0.3, -0.25) is 5.32 Å². The lowest BCUT2D eigenvalue weighted by molar-refractivity contribution is 0.00596. The van der Waals surface area contributed by atoms with Crippen molar-refractivity contribution < 1.29 is 18.3 Å². The van der Waals surface area contributed by atoms with E-state index in [1.165, 1.54) is 6.07 Å². The molecule has 0 heterocycles. The van der Waals surface area contributed by atoms with Crippen LogP contribution in [0.2, 0.25) is 5.02 Å². The highest BCUT2D eigenvalue weighted by atomic mass is 35.5. The average Bonchev–Trinajstić information content (AvgIpc) is 2.29. The maximum atomic E-state index is 13.5. The lowest BCUT2D eigenvalue weighted by Crippen LogP contribution is -2.28. The van der Waals surface area contributed by atoms with Crippen molar-refractivity contribution in [2.75, 3.05) is 11.9 Å². The van der Waals surface area contributed by atoms with Gasteiger partial charge in [-0.2, -0.15) is 8.78 Å². The highest BCUT2D eigenvalue weighted by molar-refractivity contribution is 6.33. The molecule has 0 saturated heterocycles. The minimum absolute atomic E-state index is 0.0477. The van der Waals surface area contributed by atoms with Crippen LogP contribution in [-0.4, -0.2) is 18.2 Å². The van der Waals surface area contributed by atoms with Gasteiger partial charge in [-0.1, -0.05) is 17.7 Å². The Balaban J connectivity index is 2.96. The molecule has 1 amide bonds. The van der Waals surface area contributed by atoms with Crippen molar-refractivity contribution in [3.63, 3.8) is 0 Å². The Morgan fingerprint density at radius 3 is 2.50 bits per heavy atom. The zero-order valence-corrected chi connectivity index (χ0v) is 12.2. The number of hydrogen-bond acceptors (Lipinski definition) is 3. The summed E-state index contributed by atoms with van der Waals surface area (Å²) in [5.41, 5.74) is 4.04. The second kappa shape index (κ2) is 5.93. The molecule has 0 aliphatic rings. The van der Waals surface area contributed by atoms with Crippen LogP contribution in [0.15, 0.2) is 18.2 Å². The second-order valence-electron chi connectivity index (χ2n) is 5.23. The van der Waals surface area contributed by atoms with E-state index >= 15 is 0 Å². The molecule has 3 N–H and O–H groups in total. The Bertz CT molecular complexity index is 502. The first kappa shape index (κ1) is 16.7. The molecule has 0 aliphatic heterocycles. The number of carbonyl (C=O) groups excluding carboxylic acids is 1. The summed E-state index contributed by atoms with van der Waals surface area (Å²) in [7, 11) is 0. The quantitative estimate of drug-likeness (QED) is 0.894. The van der Waals surface area contributed by atoms with Crippen LogP contribution in [0.5, 0.6) is 0 Å². The predicted molar refractivity (Wildman–Crippen MR) is 74.3 cm³/mol. The SMILES string of the molecule is CC(C)(C)OC(=O)Nc1cc(C(F)(F)CN)ccc1Cl. The topological polar surface area (TPSA) is 64.3 Å². The number of rotatable bonds is 3. The molecule has 7 heteroatoms. The number of nitrogens with two attached hydrogens (primary N) is 1. The standard InChI is InChI=1S/C13H17ClF2N2O2/c1-12(2,3)20-11(19)18-10-6-8(4-5-9(10)14)13(15,16)7-17/h4-6H,7,17H2,1-3H3,(H,18,19). The van der Waals surface area contributed by atoms with E-state index in [1.54, 1.807) is 20.8 Å². The van der Waals surface area contributed by atoms with E-state index in [4.69, 9.17) is 22.1 Å². The van der Waals surface area contributed by atoms with Crippen LogP contribution in [0.3, 0.4) is 0 Å². The highest BCUT2D eigenvalue weighted by Crippen LogP contribution is 2.32. The average molecular weight is 307 g/mol. The molecule has 20 heavy (non-hydrogen) atoms. The van der Waals surface area contributed by atoms with Crippen LogP contribution in [-0.2, 0) is 10.7 Å². The summed E-state index contributed by atoms with van der Waals surface area (Å²) in [6, 6.07) is 3.52. The third kappa shape index (κ3) is 4.61. The van der Waals surface area contributed by atoms with E-state index < -0.39 is 24.2 Å². The van der Waals surface area contributed by atoms with Crippen molar-refractivity contribution in [1.82, 2.24) is 0 Å². The molecule has 0 atom stereocenters. The van der Waals surface area contributed by atoms with Crippen LogP contribution < -0.4 is 11.1 Å². The number of amides is 1. The fourth-order valence-corrected chi connectivity index (χ4v) is 1.54. The minimum Gasteiger partial charge on any atom is -0.444 e. The first-order valence-corrected chi connectivity index (χ1v) is 6.31. The van der Waals surface area contributed by atoms with Crippen molar-refractivity contribution in [1.29, 1.82) is 0 Å². The van der Waals surface area contributed by atoms with Crippen molar-refractivity contribution in [2.24, 2.45) is 5.73 Å². The largest absolute Gasteiger partial charge is 0.444 e.